The Bertz CT molecular complexity index is 1120. The SMILES string of the molecule is CC/C=C\C/C=C\C/C=C\CCCCC(=O)OCC(COC(=O)CCCCCCC/C=C\CCCCCCCCC)OC(=O)CCCCCCCCC/C=C\CCCCCC. The molecule has 0 aromatic carbocycles. The molecule has 0 radical (unpaired) electrons. The van der Waals surface area contributed by atoms with E-state index >= 15 is 0 Å². The van der Waals surface area contributed by atoms with Gasteiger partial charge in [-0.05, 0) is 103 Å². The van der Waals surface area contributed by atoms with E-state index in [1.54, 1.807) is 0 Å². The van der Waals surface area contributed by atoms with Gasteiger partial charge in [-0.2, -0.15) is 0 Å². The van der Waals surface area contributed by atoms with Crippen LogP contribution in [0.4, 0.5) is 0 Å². The largest absolute Gasteiger partial charge is 0.462 e. The maximum atomic E-state index is 12.8. The summed E-state index contributed by atoms with van der Waals surface area (Å²) in [5.41, 5.74) is 0. The summed E-state index contributed by atoms with van der Waals surface area (Å²) in [4.78, 5) is 37.9. The van der Waals surface area contributed by atoms with Gasteiger partial charge in [0.15, 0.2) is 6.10 Å². The number of rotatable bonds is 46. The van der Waals surface area contributed by atoms with Gasteiger partial charge in [0.25, 0.3) is 0 Å². The van der Waals surface area contributed by atoms with Gasteiger partial charge in [-0.3, -0.25) is 14.4 Å². The lowest BCUT2D eigenvalue weighted by atomic mass is 10.1. The molecule has 0 aromatic heterocycles. The van der Waals surface area contributed by atoms with Crippen LogP contribution in [-0.2, 0) is 28.6 Å². The van der Waals surface area contributed by atoms with Crippen LogP contribution in [0, 0.1) is 0 Å². The lowest BCUT2D eigenvalue weighted by Crippen LogP contribution is -2.30. The van der Waals surface area contributed by atoms with Crippen molar-refractivity contribution in [2.75, 3.05) is 13.2 Å². The van der Waals surface area contributed by atoms with Gasteiger partial charge >= 0.3 is 17.9 Å². The Morgan fingerprint density at radius 1 is 0.344 bits per heavy atom. The first kappa shape index (κ1) is 58.1. The van der Waals surface area contributed by atoms with Gasteiger partial charge in [-0.25, -0.2) is 0 Å². The van der Waals surface area contributed by atoms with E-state index in [0.29, 0.717) is 19.3 Å². The van der Waals surface area contributed by atoms with E-state index < -0.39 is 6.10 Å². The molecule has 0 amide bonds. The normalized spacial score (nSPS) is 12.5. The summed E-state index contributed by atoms with van der Waals surface area (Å²) in [5, 5.41) is 0. The number of carbonyl (C=O) groups excluding carboxylic acids is 3. The minimum atomic E-state index is -0.793. The summed E-state index contributed by atoms with van der Waals surface area (Å²) < 4.78 is 16.7. The highest BCUT2D eigenvalue weighted by molar-refractivity contribution is 5.71. The van der Waals surface area contributed by atoms with E-state index in [4.69, 9.17) is 14.2 Å². The number of hydrogen-bond donors (Lipinski definition) is 0. The van der Waals surface area contributed by atoms with Crippen molar-refractivity contribution in [3.05, 3.63) is 60.8 Å². The van der Waals surface area contributed by atoms with Crippen LogP contribution in [0.1, 0.15) is 252 Å². The lowest BCUT2D eigenvalue weighted by Gasteiger charge is -2.18. The van der Waals surface area contributed by atoms with Crippen LogP contribution in [0.25, 0.3) is 0 Å². The average Bonchev–Trinajstić information content (AvgIpc) is 3.26. The van der Waals surface area contributed by atoms with Crippen molar-refractivity contribution in [2.45, 2.75) is 258 Å². The van der Waals surface area contributed by atoms with E-state index in [2.05, 4.69) is 81.5 Å². The molecule has 0 spiro atoms. The third kappa shape index (κ3) is 48.0. The number of hydrogen-bond acceptors (Lipinski definition) is 6. The van der Waals surface area contributed by atoms with Gasteiger partial charge in [-0.1, -0.05) is 191 Å². The molecule has 0 aliphatic rings. The molecule has 0 bridgehead atoms. The van der Waals surface area contributed by atoms with Crippen molar-refractivity contribution < 1.29 is 28.6 Å². The van der Waals surface area contributed by atoms with Crippen LogP contribution in [0.5, 0.6) is 0 Å². The fourth-order valence-electron chi connectivity index (χ4n) is 7.09. The third-order valence-corrected chi connectivity index (χ3v) is 11.0. The van der Waals surface area contributed by atoms with E-state index in [1.807, 2.05) is 0 Å². The van der Waals surface area contributed by atoms with Crippen molar-refractivity contribution >= 4 is 17.9 Å². The van der Waals surface area contributed by atoms with Gasteiger partial charge < -0.3 is 14.2 Å². The van der Waals surface area contributed by atoms with Crippen molar-refractivity contribution in [3.63, 3.8) is 0 Å². The topological polar surface area (TPSA) is 78.9 Å². The number of ether oxygens (including phenoxy) is 3. The first-order valence-corrected chi connectivity index (χ1v) is 25.8. The van der Waals surface area contributed by atoms with Crippen LogP contribution in [0.15, 0.2) is 60.8 Å². The Balaban J connectivity index is 4.42. The van der Waals surface area contributed by atoms with Gasteiger partial charge in [0.1, 0.15) is 13.2 Å². The first-order chi connectivity index (χ1) is 30.0. The molecule has 0 saturated heterocycles. The molecule has 0 fully saturated rings. The van der Waals surface area contributed by atoms with Crippen molar-refractivity contribution in [1.29, 1.82) is 0 Å². The number of esters is 3. The van der Waals surface area contributed by atoms with E-state index in [0.717, 1.165) is 83.5 Å². The Morgan fingerprint density at radius 3 is 1.07 bits per heavy atom. The minimum Gasteiger partial charge on any atom is -0.462 e. The van der Waals surface area contributed by atoms with Gasteiger partial charge in [0, 0.05) is 19.3 Å². The Morgan fingerprint density at radius 2 is 0.639 bits per heavy atom. The van der Waals surface area contributed by atoms with E-state index in [1.165, 1.54) is 128 Å². The highest BCUT2D eigenvalue weighted by Gasteiger charge is 2.19. The molecule has 61 heavy (non-hydrogen) atoms. The van der Waals surface area contributed by atoms with Gasteiger partial charge in [-0.15, -0.1) is 0 Å². The monoisotopic (exact) mass is 853 g/mol. The van der Waals surface area contributed by atoms with Crippen LogP contribution >= 0.6 is 0 Å². The Kier molecular flexibility index (Phi) is 47.4. The predicted octanol–water partition coefficient (Wildman–Crippen LogP) is 16.9. The zero-order valence-corrected chi connectivity index (χ0v) is 40.2. The number of allylic oxidation sites excluding steroid dienone is 10. The standard InChI is InChI=1S/C55H96O6/c1-4-7-10-13-16-19-22-25-27-29-30-33-36-39-42-45-48-54(57)60-51-52(50-59-53(56)47-44-41-38-35-32-24-21-18-15-12-9-6-3)61-55(58)49-46-43-40-37-34-31-28-26-23-20-17-14-11-8-5-2/h9,12,18,20-21,23,27,29,32,35,52H,4-8,10-11,13-17,19,22,24-26,28,30-31,33-34,36-51H2,1-3H3/b12-9-,21-18-,23-20-,29-27-,35-32-. The molecule has 352 valence electrons. The molecule has 6 nitrogen and oxygen atoms in total. The second-order valence-electron chi connectivity index (χ2n) is 17.0. The van der Waals surface area contributed by atoms with Crippen molar-refractivity contribution in [2.24, 2.45) is 0 Å². The molecular formula is C55H96O6. The number of carbonyl (C=O) groups is 3. The molecular weight excluding hydrogens is 757 g/mol. The molecule has 0 saturated carbocycles. The van der Waals surface area contributed by atoms with Crippen LogP contribution in [-0.4, -0.2) is 37.2 Å². The summed E-state index contributed by atoms with van der Waals surface area (Å²) in [6, 6.07) is 0. The number of unbranched alkanes of at least 4 members (excludes halogenated alkanes) is 25. The van der Waals surface area contributed by atoms with E-state index in [-0.39, 0.29) is 31.1 Å². The molecule has 1 atom stereocenters. The Hall–Kier alpha value is -2.89. The average molecular weight is 853 g/mol. The lowest BCUT2D eigenvalue weighted by molar-refractivity contribution is -0.167. The van der Waals surface area contributed by atoms with Crippen molar-refractivity contribution in [1.82, 2.24) is 0 Å². The molecule has 1 unspecified atom stereocenters. The fraction of sp³-hybridized carbons (Fsp3) is 0.764. The maximum Gasteiger partial charge on any atom is 0.306 e. The van der Waals surface area contributed by atoms with Crippen LogP contribution in [0.3, 0.4) is 0 Å². The molecule has 0 rings (SSSR count). The molecule has 0 N–H and O–H groups in total. The van der Waals surface area contributed by atoms with Crippen LogP contribution < -0.4 is 0 Å². The second-order valence-corrected chi connectivity index (χ2v) is 17.0. The zero-order chi connectivity index (χ0) is 44.4. The molecule has 0 aliphatic heterocycles. The van der Waals surface area contributed by atoms with E-state index in [9.17, 15) is 14.4 Å². The highest BCUT2D eigenvalue weighted by atomic mass is 16.6. The molecule has 6 heteroatoms. The minimum absolute atomic E-state index is 0.0920. The smallest absolute Gasteiger partial charge is 0.306 e. The molecule has 0 aliphatic carbocycles. The zero-order valence-electron chi connectivity index (χ0n) is 40.2. The molecule has 0 heterocycles. The highest BCUT2D eigenvalue weighted by Crippen LogP contribution is 2.14. The van der Waals surface area contributed by atoms with Crippen LogP contribution in [0.2, 0.25) is 0 Å². The van der Waals surface area contributed by atoms with Gasteiger partial charge in [0.05, 0.1) is 0 Å². The summed E-state index contributed by atoms with van der Waals surface area (Å²) in [7, 11) is 0. The first-order valence-electron chi connectivity index (χ1n) is 25.8. The Labute approximate surface area is 377 Å². The molecule has 0 aromatic rings. The summed E-state index contributed by atoms with van der Waals surface area (Å²) in [5.74, 6) is -0.942. The predicted molar refractivity (Wildman–Crippen MR) is 261 cm³/mol. The third-order valence-electron chi connectivity index (χ3n) is 11.0. The maximum absolute atomic E-state index is 12.8. The summed E-state index contributed by atoms with van der Waals surface area (Å²) >= 11 is 0. The quantitative estimate of drug-likeness (QED) is 0.0263. The van der Waals surface area contributed by atoms with Crippen molar-refractivity contribution in [3.8, 4) is 0 Å². The summed E-state index contributed by atoms with van der Waals surface area (Å²) in [6.07, 6.45) is 60.6. The second kappa shape index (κ2) is 49.8. The fourth-order valence-corrected chi connectivity index (χ4v) is 7.09. The summed E-state index contributed by atoms with van der Waals surface area (Å²) in [6.45, 7) is 6.47. The van der Waals surface area contributed by atoms with Gasteiger partial charge in [0.2, 0.25) is 0 Å².